The number of carbonyl (C=O) groups excluding carboxylic acids is 2. The fraction of sp³-hybridized carbons (Fsp3) is 0.273. The molecule has 1 aromatic carbocycles. The number of hydrogen-bond acceptors (Lipinski definition) is 3. The lowest BCUT2D eigenvalue weighted by Crippen LogP contribution is -2.44. The molecule has 0 saturated carbocycles. The standard InChI is InChI=1S/C11H8F3NO3/c12-7-3-6(4-8(13)9(7)14)5-15-1-2-18-11(17)10(15)16/h3-4H,1-2,5H2. The van der Waals surface area contributed by atoms with Crippen LogP contribution in [0.2, 0.25) is 0 Å². The molecule has 2 rings (SSSR count). The van der Waals surface area contributed by atoms with Gasteiger partial charge in [0.2, 0.25) is 0 Å². The summed E-state index contributed by atoms with van der Waals surface area (Å²) in [4.78, 5) is 23.4. The number of rotatable bonds is 2. The summed E-state index contributed by atoms with van der Waals surface area (Å²) in [5.41, 5.74) is 0.0643. The van der Waals surface area contributed by atoms with E-state index in [1.54, 1.807) is 0 Å². The van der Waals surface area contributed by atoms with Gasteiger partial charge in [0.1, 0.15) is 6.61 Å². The van der Waals surface area contributed by atoms with Crippen LogP contribution in [0.15, 0.2) is 12.1 Å². The van der Waals surface area contributed by atoms with Crippen LogP contribution < -0.4 is 0 Å². The first-order chi connectivity index (χ1) is 8.49. The third-order valence-corrected chi connectivity index (χ3v) is 2.47. The summed E-state index contributed by atoms with van der Waals surface area (Å²) in [5.74, 6) is -6.13. The molecular weight excluding hydrogens is 251 g/mol. The lowest BCUT2D eigenvalue weighted by molar-refractivity contribution is -0.166. The van der Waals surface area contributed by atoms with Gasteiger partial charge < -0.3 is 9.64 Å². The smallest absolute Gasteiger partial charge is 0.397 e. The summed E-state index contributed by atoms with van der Waals surface area (Å²) in [6.07, 6.45) is 0. The average molecular weight is 259 g/mol. The first-order valence-corrected chi connectivity index (χ1v) is 5.08. The maximum Gasteiger partial charge on any atom is 0.397 e. The predicted molar refractivity (Wildman–Crippen MR) is 52.7 cm³/mol. The van der Waals surface area contributed by atoms with Crippen molar-refractivity contribution in [2.45, 2.75) is 6.54 Å². The van der Waals surface area contributed by atoms with E-state index < -0.39 is 29.3 Å². The van der Waals surface area contributed by atoms with Crippen LogP contribution in [-0.4, -0.2) is 29.9 Å². The second-order valence-electron chi connectivity index (χ2n) is 3.74. The minimum Gasteiger partial charge on any atom is -0.457 e. The summed E-state index contributed by atoms with van der Waals surface area (Å²) >= 11 is 0. The Balaban J connectivity index is 2.19. The molecule has 0 bridgehead atoms. The molecule has 7 heteroatoms. The third-order valence-electron chi connectivity index (χ3n) is 2.47. The Bertz CT molecular complexity index is 495. The molecule has 1 saturated heterocycles. The zero-order chi connectivity index (χ0) is 13.3. The first-order valence-electron chi connectivity index (χ1n) is 5.08. The van der Waals surface area contributed by atoms with E-state index >= 15 is 0 Å². The molecule has 0 radical (unpaired) electrons. The van der Waals surface area contributed by atoms with E-state index in [0.717, 1.165) is 17.0 Å². The maximum absolute atomic E-state index is 13.0. The van der Waals surface area contributed by atoms with Crippen LogP contribution >= 0.6 is 0 Å². The minimum atomic E-state index is -1.57. The number of nitrogens with zero attached hydrogens (tertiary/aromatic N) is 1. The van der Waals surface area contributed by atoms with Crippen molar-refractivity contribution in [1.82, 2.24) is 4.90 Å². The maximum atomic E-state index is 13.0. The molecule has 0 aromatic heterocycles. The largest absolute Gasteiger partial charge is 0.457 e. The number of benzene rings is 1. The number of hydrogen-bond donors (Lipinski definition) is 0. The average Bonchev–Trinajstić information content (AvgIpc) is 2.32. The Hall–Kier alpha value is -2.05. The molecule has 1 aliphatic rings. The highest BCUT2D eigenvalue weighted by Gasteiger charge is 2.28. The molecule has 1 heterocycles. The first kappa shape index (κ1) is 12.4. The zero-order valence-electron chi connectivity index (χ0n) is 9.08. The van der Waals surface area contributed by atoms with Crippen LogP contribution in [0.3, 0.4) is 0 Å². The Morgan fingerprint density at radius 3 is 2.39 bits per heavy atom. The van der Waals surface area contributed by atoms with Gasteiger partial charge in [0.25, 0.3) is 0 Å². The number of morpholine rings is 1. The van der Waals surface area contributed by atoms with Crippen LogP contribution in [0.4, 0.5) is 13.2 Å². The van der Waals surface area contributed by atoms with Crippen molar-refractivity contribution in [3.8, 4) is 0 Å². The third kappa shape index (κ3) is 2.29. The number of cyclic esters (lactones) is 1. The summed E-state index contributed by atoms with van der Waals surface area (Å²) in [6.45, 7) is -0.0238. The zero-order valence-corrected chi connectivity index (χ0v) is 9.08. The van der Waals surface area contributed by atoms with E-state index in [2.05, 4.69) is 4.74 Å². The van der Waals surface area contributed by atoms with E-state index in [4.69, 9.17) is 0 Å². The highest BCUT2D eigenvalue weighted by atomic mass is 19.2. The van der Waals surface area contributed by atoms with Crippen LogP contribution in [-0.2, 0) is 20.9 Å². The number of carbonyl (C=O) groups is 2. The highest BCUT2D eigenvalue weighted by molar-refractivity contribution is 6.32. The number of halogens is 3. The van der Waals surface area contributed by atoms with Gasteiger partial charge in [-0.25, -0.2) is 18.0 Å². The van der Waals surface area contributed by atoms with Gasteiger partial charge in [-0.05, 0) is 17.7 Å². The fourth-order valence-electron chi connectivity index (χ4n) is 1.61. The molecule has 1 aromatic rings. The molecule has 1 aliphatic heterocycles. The molecule has 4 nitrogen and oxygen atoms in total. The van der Waals surface area contributed by atoms with E-state index in [1.807, 2.05) is 0 Å². The van der Waals surface area contributed by atoms with Gasteiger partial charge in [-0.3, -0.25) is 4.79 Å². The van der Waals surface area contributed by atoms with Crippen molar-refractivity contribution < 1.29 is 27.5 Å². The number of ether oxygens (including phenoxy) is 1. The monoisotopic (exact) mass is 259 g/mol. The lowest BCUT2D eigenvalue weighted by Gasteiger charge is -2.25. The van der Waals surface area contributed by atoms with Crippen LogP contribution in [0.1, 0.15) is 5.56 Å². The topological polar surface area (TPSA) is 46.6 Å². The second-order valence-corrected chi connectivity index (χ2v) is 3.74. The molecule has 0 spiro atoms. The summed E-state index contributed by atoms with van der Waals surface area (Å²) < 4.78 is 43.1. The van der Waals surface area contributed by atoms with Crippen LogP contribution in [0.5, 0.6) is 0 Å². The van der Waals surface area contributed by atoms with Crippen molar-refractivity contribution in [3.05, 3.63) is 35.1 Å². The Morgan fingerprint density at radius 1 is 1.17 bits per heavy atom. The predicted octanol–water partition coefficient (Wildman–Crippen LogP) is 0.989. The van der Waals surface area contributed by atoms with Crippen molar-refractivity contribution in [1.29, 1.82) is 0 Å². The van der Waals surface area contributed by atoms with Gasteiger partial charge in [0.15, 0.2) is 17.5 Å². The number of amides is 1. The van der Waals surface area contributed by atoms with Crippen molar-refractivity contribution in [2.75, 3.05) is 13.2 Å². The van der Waals surface area contributed by atoms with Gasteiger partial charge in [-0.15, -0.1) is 0 Å². The van der Waals surface area contributed by atoms with E-state index in [1.165, 1.54) is 0 Å². The van der Waals surface area contributed by atoms with Gasteiger partial charge in [-0.1, -0.05) is 0 Å². The van der Waals surface area contributed by atoms with Gasteiger partial charge >= 0.3 is 11.9 Å². The Morgan fingerprint density at radius 2 is 1.78 bits per heavy atom. The van der Waals surface area contributed by atoms with Gasteiger partial charge in [0.05, 0.1) is 6.54 Å². The lowest BCUT2D eigenvalue weighted by atomic mass is 10.2. The van der Waals surface area contributed by atoms with Gasteiger partial charge in [-0.2, -0.15) is 0 Å². The molecule has 0 aliphatic carbocycles. The van der Waals surface area contributed by atoms with E-state index in [-0.39, 0.29) is 25.3 Å². The second kappa shape index (κ2) is 4.67. The van der Waals surface area contributed by atoms with Gasteiger partial charge in [0, 0.05) is 6.54 Å². The molecule has 1 fully saturated rings. The molecule has 1 amide bonds. The van der Waals surface area contributed by atoms with Crippen LogP contribution in [0.25, 0.3) is 0 Å². The number of esters is 1. The molecule has 0 N–H and O–H groups in total. The van der Waals surface area contributed by atoms with Crippen LogP contribution in [0, 0.1) is 17.5 Å². The Labute approximate surface area is 99.9 Å². The van der Waals surface area contributed by atoms with Crippen molar-refractivity contribution in [3.63, 3.8) is 0 Å². The fourth-order valence-corrected chi connectivity index (χ4v) is 1.61. The summed E-state index contributed by atoms with van der Waals surface area (Å²) in [6, 6.07) is 1.57. The molecule has 0 atom stereocenters. The van der Waals surface area contributed by atoms with E-state index in [0.29, 0.717) is 0 Å². The quantitative estimate of drug-likeness (QED) is 0.452. The van der Waals surface area contributed by atoms with Crippen molar-refractivity contribution in [2.24, 2.45) is 0 Å². The summed E-state index contributed by atoms with van der Waals surface area (Å²) in [5, 5.41) is 0. The minimum absolute atomic E-state index is 0.0245. The summed E-state index contributed by atoms with van der Waals surface area (Å²) in [7, 11) is 0. The molecule has 0 unspecified atom stereocenters. The molecule has 96 valence electrons. The molecule has 18 heavy (non-hydrogen) atoms. The van der Waals surface area contributed by atoms with Crippen molar-refractivity contribution >= 4 is 11.9 Å². The molecular formula is C11H8F3NO3. The van der Waals surface area contributed by atoms with E-state index in [9.17, 15) is 22.8 Å². The SMILES string of the molecule is O=C1OCCN(Cc2cc(F)c(F)c(F)c2)C1=O. The normalized spacial score (nSPS) is 15.8. The Kier molecular flexibility index (Phi) is 3.22. The highest BCUT2D eigenvalue weighted by Crippen LogP contribution is 2.16.